The van der Waals surface area contributed by atoms with Crippen LogP contribution in [0.3, 0.4) is 0 Å². The number of carbonyl (C=O) groups is 1. The van der Waals surface area contributed by atoms with Gasteiger partial charge in [0.1, 0.15) is 11.3 Å². The molecular formula is C19H32N6O2. The van der Waals surface area contributed by atoms with Gasteiger partial charge < -0.3 is 25.7 Å². The normalized spacial score (nSPS) is 11.5. The molecule has 0 aliphatic carbocycles. The number of nitrogen functional groups attached to an aromatic ring is 1. The molecule has 0 fully saturated rings. The first-order chi connectivity index (χ1) is 12.8. The maximum atomic E-state index is 11.4. The molecule has 0 aliphatic heterocycles. The number of hydrogen-bond donors (Lipinski definition) is 2. The van der Waals surface area contributed by atoms with Crippen LogP contribution in [-0.4, -0.2) is 51.3 Å². The number of urea groups is 1. The number of carbonyl (C=O) groups excluding carboxylic acids is 1. The van der Waals surface area contributed by atoms with Crippen molar-refractivity contribution < 1.29 is 9.53 Å². The van der Waals surface area contributed by atoms with E-state index in [9.17, 15) is 4.79 Å². The number of rotatable bonds is 9. The Morgan fingerprint density at radius 1 is 1.26 bits per heavy atom. The molecule has 8 nitrogen and oxygen atoms in total. The third-order valence-corrected chi connectivity index (χ3v) is 4.79. The highest BCUT2D eigenvalue weighted by molar-refractivity contribution is 5.88. The van der Waals surface area contributed by atoms with Crippen LogP contribution in [0.15, 0.2) is 0 Å². The Hall–Kier alpha value is -2.35. The molecule has 4 N–H and O–H groups in total. The minimum atomic E-state index is -0.423. The van der Waals surface area contributed by atoms with Crippen molar-refractivity contribution in [1.82, 2.24) is 19.4 Å². The van der Waals surface area contributed by atoms with Crippen molar-refractivity contribution in [1.29, 1.82) is 0 Å². The van der Waals surface area contributed by atoms with Gasteiger partial charge in [-0.2, -0.15) is 0 Å². The van der Waals surface area contributed by atoms with Crippen LogP contribution in [0.1, 0.15) is 44.3 Å². The molecule has 27 heavy (non-hydrogen) atoms. The SMILES string of the molecule is CCCc1nc2c(N)nc(C)c(C)c2n1CCOCCN(C(N)=O)C(C)C. The number of nitrogens with two attached hydrogens (primary N) is 2. The number of primary amides is 1. The lowest BCUT2D eigenvalue weighted by molar-refractivity contribution is 0.0984. The second-order valence-electron chi connectivity index (χ2n) is 7.07. The number of fused-ring (bicyclic) bond motifs is 1. The fourth-order valence-electron chi connectivity index (χ4n) is 3.25. The average molecular weight is 377 g/mol. The first-order valence-corrected chi connectivity index (χ1v) is 9.53. The van der Waals surface area contributed by atoms with E-state index in [1.54, 1.807) is 4.90 Å². The zero-order chi connectivity index (χ0) is 20.1. The van der Waals surface area contributed by atoms with Crippen molar-refractivity contribution in [2.24, 2.45) is 5.73 Å². The highest BCUT2D eigenvalue weighted by Gasteiger charge is 2.17. The van der Waals surface area contributed by atoms with Crippen molar-refractivity contribution in [3.8, 4) is 0 Å². The molecule has 0 saturated carbocycles. The van der Waals surface area contributed by atoms with Gasteiger partial charge >= 0.3 is 6.03 Å². The standard InChI is InChI=1S/C19H32N6O2/c1-6-7-15-23-16-17(13(4)14(5)22-18(16)20)25(15)9-11-27-10-8-24(12(2)3)19(21)26/h12H,6-11H2,1-5H3,(H2,20,22)(H2,21,26). The van der Waals surface area contributed by atoms with E-state index in [2.05, 4.69) is 16.5 Å². The summed E-state index contributed by atoms with van der Waals surface area (Å²) in [4.78, 5) is 22.1. The van der Waals surface area contributed by atoms with Crippen LogP contribution in [-0.2, 0) is 17.7 Å². The van der Waals surface area contributed by atoms with Crippen LogP contribution >= 0.6 is 0 Å². The summed E-state index contributed by atoms with van der Waals surface area (Å²) in [6, 6.07) is -0.366. The number of pyridine rings is 1. The predicted molar refractivity (Wildman–Crippen MR) is 108 cm³/mol. The maximum Gasteiger partial charge on any atom is 0.315 e. The van der Waals surface area contributed by atoms with Crippen LogP contribution in [0.2, 0.25) is 0 Å². The summed E-state index contributed by atoms with van der Waals surface area (Å²) >= 11 is 0. The maximum absolute atomic E-state index is 11.4. The summed E-state index contributed by atoms with van der Waals surface area (Å²) in [5.41, 5.74) is 15.3. The number of amides is 2. The van der Waals surface area contributed by atoms with Gasteiger partial charge in [0.2, 0.25) is 0 Å². The van der Waals surface area contributed by atoms with Gasteiger partial charge in [-0.25, -0.2) is 14.8 Å². The minimum absolute atomic E-state index is 0.0564. The van der Waals surface area contributed by atoms with E-state index in [0.717, 1.165) is 41.0 Å². The first kappa shape index (κ1) is 21.0. The van der Waals surface area contributed by atoms with E-state index in [0.29, 0.717) is 32.1 Å². The molecule has 2 aromatic rings. The van der Waals surface area contributed by atoms with E-state index in [1.165, 1.54) is 0 Å². The van der Waals surface area contributed by atoms with Gasteiger partial charge in [0, 0.05) is 31.2 Å². The second kappa shape index (κ2) is 9.03. The molecule has 0 spiro atoms. The van der Waals surface area contributed by atoms with Gasteiger partial charge in [-0.15, -0.1) is 0 Å². The van der Waals surface area contributed by atoms with Gasteiger partial charge in [0.05, 0.1) is 18.7 Å². The Kier molecular flexibility index (Phi) is 7.01. The zero-order valence-electron chi connectivity index (χ0n) is 17.1. The third kappa shape index (κ3) is 4.68. The molecule has 0 atom stereocenters. The predicted octanol–water partition coefficient (Wildman–Crippen LogP) is 2.39. The van der Waals surface area contributed by atoms with Crippen LogP contribution < -0.4 is 11.5 Å². The average Bonchev–Trinajstić information content (AvgIpc) is 2.94. The Balaban J connectivity index is 2.11. The molecule has 150 valence electrons. The van der Waals surface area contributed by atoms with E-state index in [-0.39, 0.29) is 6.04 Å². The molecule has 0 bridgehead atoms. The summed E-state index contributed by atoms with van der Waals surface area (Å²) in [5.74, 6) is 1.47. The quantitative estimate of drug-likeness (QED) is 0.653. The lowest BCUT2D eigenvalue weighted by atomic mass is 10.2. The van der Waals surface area contributed by atoms with Crippen molar-refractivity contribution in [2.75, 3.05) is 25.5 Å². The molecule has 0 unspecified atom stereocenters. The molecule has 0 saturated heterocycles. The van der Waals surface area contributed by atoms with E-state index >= 15 is 0 Å². The molecule has 2 heterocycles. The summed E-state index contributed by atoms with van der Waals surface area (Å²) < 4.78 is 7.96. The number of aryl methyl sites for hydroxylation is 3. The van der Waals surface area contributed by atoms with Crippen LogP contribution in [0.25, 0.3) is 11.0 Å². The highest BCUT2D eigenvalue weighted by Crippen LogP contribution is 2.26. The van der Waals surface area contributed by atoms with Crippen molar-refractivity contribution in [3.63, 3.8) is 0 Å². The third-order valence-electron chi connectivity index (χ3n) is 4.79. The van der Waals surface area contributed by atoms with E-state index in [4.69, 9.17) is 21.2 Å². The number of aromatic nitrogens is 3. The summed E-state index contributed by atoms with van der Waals surface area (Å²) in [6.07, 6.45) is 1.87. The van der Waals surface area contributed by atoms with Crippen molar-refractivity contribution in [3.05, 3.63) is 17.1 Å². The molecule has 0 aromatic carbocycles. The van der Waals surface area contributed by atoms with Crippen molar-refractivity contribution >= 4 is 22.9 Å². The Bertz CT molecular complexity index is 799. The molecular weight excluding hydrogens is 344 g/mol. The van der Waals surface area contributed by atoms with Gasteiger partial charge in [-0.1, -0.05) is 6.92 Å². The molecule has 2 aromatic heterocycles. The molecule has 2 amide bonds. The van der Waals surface area contributed by atoms with Crippen LogP contribution in [0, 0.1) is 13.8 Å². The lowest BCUT2D eigenvalue weighted by Gasteiger charge is -2.24. The first-order valence-electron chi connectivity index (χ1n) is 9.53. The smallest absolute Gasteiger partial charge is 0.315 e. The summed E-state index contributed by atoms with van der Waals surface area (Å²) in [7, 11) is 0. The second-order valence-corrected chi connectivity index (χ2v) is 7.07. The van der Waals surface area contributed by atoms with Gasteiger partial charge in [-0.05, 0) is 39.7 Å². The number of nitrogens with zero attached hydrogens (tertiary/aromatic N) is 4. The zero-order valence-corrected chi connectivity index (χ0v) is 17.1. The molecule has 8 heteroatoms. The summed E-state index contributed by atoms with van der Waals surface area (Å²) in [6.45, 7) is 12.1. The molecule has 0 aliphatic rings. The van der Waals surface area contributed by atoms with E-state index in [1.807, 2.05) is 27.7 Å². The Labute approximate surface area is 160 Å². The van der Waals surface area contributed by atoms with Gasteiger partial charge in [0.25, 0.3) is 0 Å². The van der Waals surface area contributed by atoms with Crippen LogP contribution in [0.4, 0.5) is 10.6 Å². The van der Waals surface area contributed by atoms with E-state index < -0.39 is 6.03 Å². The molecule has 2 rings (SSSR count). The topological polar surface area (TPSA) is 112 Å². The number of imidazole rings is 1. The monoisotopic (exact) mass is 376 g/mol. The van der Waals surface area contributed by atoms with Gasteiger partial charge in [0.15, 0.2) is 5.82 Å². The number of ether oxygens (including phenoxy) is 1. The Morgan fingerprint density at radius 2 is 1.96 bits per heavy atom. The fourth-order valence-corrected chi connectivity index (χ4v) is 3.25. The van der Waals surface area contributed by atoms with Crippen molar-refractivity contribution in [2.45, 2.75) is 60.0 Å². The highest BCUT2D eigenvalue weighted by atomic mass is 16.5. The largest absolute Gasteiger partial charge is 0.382 e. The van der Waals surface area contributed by atoms with Gasteiger partial charge in [-0.3, -0.25) is 0 Å². The Morgan fingerprint density at radius 3 is 2.56 bits per heavy atom. The van der Waals surface area contributed by atoms with Crippen LogP contribution in [0.5, 0.6) is 0 Å². The molecule has 0 radical (unpaired) electrons. The fraction of sp³-hybridized carbons (Fsp3) is 0.632. The minimum Gasteiger partial charge on any atom is -0.382 e. The lowest BCUT2D eigenvalue weighted by Crippen LogP contribution is -2.42. The summed E-state index contributed by atoms with van der Waals surface area (Å²) in [5, 5.41) is 0. The number of anilines is 1. The number of hydrogen-bond acceptors (Lipinski definition) is 5.